The summed E-state index contributed by atoms with van der Waals surface area (Å²) in [5.41, 5.74) is 3.57. The number of benzene rings is 3. The molecule has 7 heteroatoms. The van der Waals surface area contributed by atoms with Crippen molar-refractivity contribution in [3.8, 4) is 22.8 Å². The third kappa shape index (κ3) is 3.81. The number of furan rings is 1. The Morgan fingerprint density at radius 2 is 1.65 bits per heavy atom. The first-order valence-electron chi connectivity index (χ1n) is 9.40. The molecule has 0 aliphatic heterocycles. The molecule has 0 saturated heterocycles. The van der Waals surface area contributed by atoms with Crippen molar-refractivity contribution in [3.05, 3.63) is 94.7 Å². The van der Waals surface area contributed by atoms with E-state index < -0.39 is 0 Å². The van der Waals surface area contributed by atoms with Gasteiger partial charge in [-0.15, -0.1) is 0 Å². The molecule has 0 unspecified atom stereocenters. The fourth-order valence-electron chi connectivity index (χ4n) is 3.18. The van der Waals surface area contributed by atoms with Crippen LogP contribution in [0.5, 0.6) is 0 Å². The number of aromatic nitrogens is 1. The first-order valence-corrected chi connectivity index (χ1v) is 10.2. The van der Waals surface area contributed by atoms with Crippen LogP contribution in [0.1, 0.15) is 10.6 Å². The van der Waals surface area contributed by atoms with Crippen LogP contribution < -0.4 is 5.32 Å². The molecule has 0 radical (unpaired) electrons. The number of halogens is 2. The number of amides is 1. The standard InChI is InChI=1S/C24H14Cl2N2O3/c25-17-5-3-4-16(22(17)26)19-12-13-21(30-19)23(29)27-15-10-8-14(9-11-15)24-28-18-6-1-2-7-20(18)31-24/h1-13H,(H,27,29). The van der Waals surface area contributed by atoms with E-state index in [0.717, 1.165) is 16.7 Å². The molecule has 5 aromatic rings. The summed E-state index contributed by atoms with van der Waals surface area (Å²) in [6, 6.07) is 23.3. The van der Waals surface area contributed by atoms with Crippen LogP contribution in [0.15, 0.2) is 87.7 Å². The Kier molecular flexibility index (Phi) is 4.98. The molecular formula is C24H14Cl2N2O3. The van der Waals surface area contributed by atoms with Gasteiger partial charge in [-0.05, 0) is 60.7 Å². The second-order valence-electron chi connectivity index (χ2n) is 6.78. The third-order valence-corrected chi connectivity index (χ3v) is 5.55. The summed E-state index contributed by atoms with van der Waals surface area (Å²) in [5.74, 6) is 0.769. The first-order chi connectivity index (χ1) is 15.1. The van der Waals surface area contributed by atoms with Crippen LogP contribution in [0.3, 0.4) is 0 Å². The number of para-hydroxylation sites is 2. The molecular weight excluding hydrogens is 435 g/mol. The maximum atomic E-state index is 12.6. The average molecular weight is 449 g/mol. The number of hydrogen-bond acceptors (Lipinski definition) is 4. The van der Waals surface area contributed by atoms with Crippen LogP contribution in [0.2, 0.25) is 10.0 Å². The van der Waals surface area contributed by atoms with Gasteiger partial charge in [-0.1, -0.05) is 41.4 Å². The zero-order valence-corrected chi connectivity index (χ0v) is 17.4. The highest BCUT2D eigenvalue weighted by Crippen LogP contribution is 2.34. The normalized spacial score (nSPS) is 11.0. The zero-order valence-electron chi connectivity index (χ0n) is 15.9. The highest BCUT2D eigenvalue weighted by atomic mass is 35.5. The number of nitrogens with one attached hydrogen (secondary N) is 1. The van der Waals surface area contributed by atoms with Crippen LogP contribution in [0, 0.1) is 0 Å². The molecule has 1 N–H and O–H groups in total. The van der Waals surface area contributed by atoms with Crippen LogP contribution in [0.4, 0.5) is 5.69 Å². The number of rotatable bonds is 4. The molecule has 0 fully saturated rings. The highest BCUT2D eigenvalue weighted by molar-refractivity contribution is 6.43. The summed E-state index contributed by atoms with van der Waals surface area (Å²) < 4.78 is 11.5. The fourth-order valence-corrected chi connectivity index (χ4v) is 3.58. The van der Waals surface area contributed by atoms with Crippen molar-refractivity contribution in [2.75, 3.05) is 5.32 Å². The van der Waals surface area contributed by atoms with Crippen molar-refractivity contribution in [1.82, 2.24) is 4.98 Å². The molecule has 5 nitrogen and oxygen atoms in total. The van der Waals surface area contributed by atoms with Crippen molar-refractivity contribution < 1.29 is 13.6 Å². The minimum absolute atomic E-state index is 0.161. The van der Waals surface area contributed by atoms with E-state index in [-0.39, 0.29) is 11.7 Å². The molecule has 2 heterocycles. The van der Waals surface area contributed by atoms with Crippen molar-refractivity contribution in [1.29, 1.82) is 0 Å². The van der Waals surface area contributed by atoms with Gasteiger partial charge >= 0.3 is 0 Å². The molecule has 0 atom stereocenters. The lowest BCUT2D eigenvalue weighted by Crippen LogP contribution is -2.10. The number of fused-ring (bicyclic) bond motifs is 1. The second kappa shape index (κ2) is 7.95. The number of carbonyl (C=O) groups is 1. The fraction of sp³-hybridized carbons (Fsp3) is 0. The summed E-state index contributed by atoms with van der Waals surface area (Å²) in [6.45, 7) is 0. The molecule has 31 heavy (non-hydrogen) atoms. The second-order valence-corrected chi connectivity index (χ2v) is 7.57. The van der Waals surface area contributed by atoms with Gasteiger partial charge in [-0.25, -0.2) is 4.98 Å². The lowest BCUT2D eigenvalue weighted by molar-refractivity contribution is 0.0997. The number of carbonyl (C=O) groups excluding carboxylic acids is 1. The van der Waals surface area contributed by atoms with E-state index in [1.165, 1.54) is 0 Å². The van der Waals surface area contributed by atoms with Gasteiger partial charge in [-0.2, -0.15) is 0 Å². The van der Waals surface area contributed by atoms with Crippen molar-refractivity contribution in [2.45, 2.75) is 0 Å². The molecule has 0 saturated carbocycles. The average Bonchev–Trinajstić information content (AvgIpc) is 3.43. The zero-order chi connectivity index (χ0) is 21.4. The van der Waals surface area contributed by atoms with E-state index in [4.69, 9.17) is 32.0 Å². The third-order valence-electron chi connectivity index (χ3n) is 4.73. The van der Waals surface area contributed by atoms with Crippen LogP contribution in [0.25, 0.3) is 33.9 Å². The summed E-state index contributed by atoms with van der Waals surface area (Å²) in [7, 11) is 0. The largest absolute Gasteiger partial charge is 0.451 e. The van der Waals surface area contributed by atoms with E-state index in [9.17, 15) is 4.79 Å². The molecule has 0 aliphatic rings. The number of hydrogen-bond donors (Lipinski definition) is 1. The van der Waals surface area contributed by atoms with Crippen molar-refractivity contribution in [2.24, 2.45) is 0 Å². The van der Waals surface area contributed by atoms with E-state index in [1.807, 2.05) is 36.4 Å². The van der Waals surface area contributed by atoms with Crippen LogP contribution >= 0.6 is 23.2 Å². The number of nitrogens with zero attached hydrogens (tertiary/aromatic N) is 1. The SMILES string of the molecule is O=C(Nc1ccc(-c2nc3ccccc3o2)cc1)c1ccc(-c2cccc(Cl)c2Cl)o1. The van der Waals surface area contributed by atoms with Gasteiger partial charge in [0.25, 0.3) is 5.91 Å². The van der Waals surface area contributed by atoms with Gasteiger partial charge in [0.2, 0.25) is 5.89 Å². The Morgan fingerprint density at radius 3 is 2.45 bits per heavy atom. The predicted molar refractivity (Wildman–Crippen MR) is 122 cm³/mol. The summed E-state index contributed by atoms with van der Waals surface area (Å²) in [5, 5.41) is 3.60. The van der Waals surface area contributed by atoms with Gasteiger partial charge in [0.05, 0.1) is 10.0 Å². The van der Waals surface area contributed by atoms with E-state index in [1.54, 1.807) is 42.5 Å². The lowest BCUT2D eigenvalue weighted by Gasteiger charge is -2.05. The molecule has 152 valence electrons. The smallest absolute Gasteiger partial charge is 0.291 e. The summed E-state index contributed by atoms with van der Waals surface area (Å²) >= 11 is 12.3. The molecule has 5 rings (SSSR count). The van der Waals surface area contributed by atoms with Gasteiger partial charge in [0.1, 0.15) is 11.3 Å². The van der Waals surface area contributed by atoms with Crippen molar-refractivity contribution >= 4 is 45.9 Å². The molecule has 1 amide bonds. The maximum absolute atomic E-state index is 12.6. The Bertz CT molecular complexity index is 1370. The molecule has 0 bridgehead atoms. The van der Waals surface area contributed by atoms with Gasteiger partial charge in [0.15, 0.2) is 11.3 Å². The Labute approximate surface area is 187 Å². The number of anilines is 1. The first kappa shape index (κ1) is 19.4. The number of oxazole rings is 1. The topological polar surface area (TPSA) is 68.3 Å². The molecule has 0 spiro atoms. The van der Waals surface area contributed by atoms with Crippen molar-refractivity contribution in [3.63, 3.8) is 0 Å². The predicted octanol–water partition coefficient (Wildman–Crippen LogP) is 7.31. The lowest BCUT2D eigenvalue weighted by atomic mass is 10.2. The minimum atomic E-state index is -0.376. The Hall–Kier alpha value is -3.54. The maximum Gasteiger partial charge on any atom is 0.291 e. The van der Waals surface area contributed by atoms with Gasteiger partial charge in [-0.3, -0.25) is 4.79 Å². The minimum Gasteiger partial charge on any atom is -0.451 e. The van der Waals surface area contributed by atoms with Gasteiger partial charge in [0, 0.05) is 16.8 Å². The quantitative estimate of drug-likeness (QED) is 0.312. The van der Waals surface area contributed by atoms with Gasteiger partial charge < -0.3 is 14.2 Å². The molecule has 0 aliphatic carbocycles. The highest BCUT2D eigenvalue weighted by Gasteiger charge is 2.16. The van der Waals surface area contributed by atoms with Crippen LogP contribution in [-0.4, -0.2) is 10.9 Å². The Morgan fingerprint density at radius 1 is 0.839 bits per heavy atom. The van der Waals surface area contributed by atoms with E-state index in [0.29, 0.717) is 32.9 Å². The Balaban J connectivity index is 1.33. The van der Waals surface area contributed by atoms with E-state index >= 15 is 0 Å². The van der Waals surface area contributed by atoms with Crippen LogP contribution in [-0.2, 0) is 0 Å². The summed E-state index contributed by atoms with van der Waals surface area (Å²) in [6.07, 6.45) is 0. The van der Waals surface area contributed by atoms with E-state index in [2.05, 4.69) is 10.3 Å². The monoisotopic (exact) mass is 448 g/mol. The summed E-state index contributed by atoms with van der Waals surface area (Å²) in [4.78, 5) is 17.1. The molecule has 3 aromatic carbocycles. The molecule has 2 aromatic heterocycles.